The summed E-state index contributed by atoms with van der Waals surface area (Å²) in [6.45, 7) is 0.0555. The van der Waals surface area contributed by atoms with Crippen LogP contribution in [0.3, 0.4) is 0 Å². The van der Waals surface area contributed by atoms with E-state index >= 15 is 0 Å². The summed E-state index contributed by atoms with van der Waals surface area (Å²) in [5, 5.41) is 18.3. The molecule has 0 aliphatic carbocycles. The van der Waals surface area contributed by atoms with Gasteiger partial charge in [0.15, 0.2) is 12.2 Å². The van der Waals surface area contributed by atoms with Crippen molar-refractivity contribution in [3.05, 3.63) is 35.9 Å². The maximum absolute atomic E-state index is 11.6. The smallest absolute Gasteiger partial charge is 0.310 e. The maximum atomic E-state index is 11.6. The Bertz CT molecular complexity index is 454. The molecule has 2 rings (SSSR count). The van der Waals surface area contributed by atoms with E-state index in [0.29, 0.717) is 0 Å². The molecule has 94 valence electrons. The van der Waals surface area contributed by atoms with Crippen LogP contribution in [0.15, 0.2) is 30.3 Å². The van der Waals surface area contributed by atoms with E-state index in [1.807, 2.05) is 30.3 Å². The molecule has 0 amide bonds. The van der Waals surface area contributed by atoms with E-state index in [1.165, 1.54) is 0 Å². The van der Waals surface area contributed by atoms with Crippen LogP contribution in [0.5, 0.6) is 0 Å². The van der Waals surface area contributed by atoms with Crippen molar-refractivity contribution >= 4 is 5.97 Å². The van der Waals surface area contributed by atoms with Gasteiger partial charge in [-0.2, -0.15) is 5.26 Å². The molecule has 0 bridgehead atoms. The first-order valence-corrected chi connectivity index (χ1v) is 5.63. The zero-order chi connectivity index (χ0) is 13.0. The Morgan fingerprint density at radius 3 is 2.83 bits per heavy atom. The molecule has 1 N–H and O–H groups in total. The number of rotatable bonds is 3. The normalized spacial score (nSPS) is 26.6. The van der Waals surface area contributed by atoms with Crippen LogP contribution in [0.1, 0.15) is 5.56 Å². The van der Waals surface area contributed by atoms with Gasteiger partial charge in [-0.25, -0.2) is 0 Å². The van der Waals surface area contributed by atoms with Crippen LogP contribution in [-0.2, 0) is 20.7 Å². The van der Waals surface area contributed by atoms with Gasteiger partial charge in [0.25, 0.3) is 0 Å². The molecule has 18 heavy (non-hydrogen) atoms. The van der Waals surface area contributed by atoms with E-state index in [-0.39, 0.29) is 13.0 Å². The van der Waals surface area contributed by atoms with Crippen LogP contribution in [0, 0.1) is 11.3 Å². The zero-order valence-electron chi connectivity index (χ0n) is 9.65. The van der Waals surface area contributed by atoms with Gasteiger partial charge in [-0.05, 0) is 5.56 Å². The van der Waals surface area contributed by atoms with E-state index in [4.69, 9.17) is 14.7 Å². The van der Waals surface area contributed by atoms with E-state index in [9.17, 15) is 9.90 Å². The Morgan fingerprint density at radius 1 is 1.50 bits per heavy atom. The number of hydrogen-bond donors (Lipinski definition) is 1. The average Bonchev–Trinajstić information content (AvgIpc) is 2.71. The molecule has 0 radical (unpaired) electrons. The molecule has 1 aromatic rings. The topological polar surface area (TPSA) is 79.5 Å². The van der Waals surface area contributed by atoms with Gasteiger partial charge in [0.1, 0.15) is 6.10 Å². The summed E-state index contributed by atoms with van der Waals surface area (Å²) in [4.78, 5) is 11.6. The number of benzene rings is 1. The van der Waals surface area contributed by atoms with Crippen LogP contribution >= 0.6 is 0 Å². The highest BCUT2D eigenvalue weighted by Crippen LogP contribution is 2.17. The lowest BCUT2D eigenvalue weighted by atomic mass is 10.1. The fourth-order valence-corrected chi connectivity index (χ4v) is 1.78. The van der Waals surface area contributed by atoms with Crippen molar-refractivity contribution in [2.24, 2.45) is 0 Å². The molecule has 1 aliphatic rings. The molecule has 1 saturated heterocycles. The van der Waals surface area contributed by atoms with Crippen LogP contribution < -0.4 is 0 Å². The number of esters is 1. The predicted octanol–water partition coefficient (Wildman–Crippen LogP) is 0.424. The SMILES string of the molecule is N#CC1OCC(OC(=O)Cc2ccccc2)C1O. The van der Waals surface area contributed by atoms with Gasteiger partial charge in [0.2, 0.25) is 0 Å². The second-order valence-corrected chi connectivity index (χ2v) is 4.06. The highest BCUT2D eigenvalue weighted by atomic mass is 16.6. The summed E-state index contributed by atoms with van der Waals surface area (Å²) < 4.78 is 10.1. The average molecular weight is 247 g/mol. The first kappa shape index (κ1) is 12.6. The van der Waals surface area contributed by atoms with Crippen molar-refractivity contribution in [3.63, 3.8) is 0 Å². The summed E-state index contributed by atoms with van der Waals surface area (Å²) >= 11 is 0. The summed E-state index contributed by atoms with van der Waals surface area (Å²) in [6, 6.07) is 11.0. The number of aliphatic hydroxyl groups excluding tert-OH is 1. The molecule has 1 heterocycles. The minimum Gasteiger partial charge on any atom is -0.457 e. The van der Waals surface area contributed by atoms with Gasteiger partial charge in [0, 0.05) is 0 Å². The number of carbonyl (C=O) groups is 1. The minimum absolute atomic E-state index is 0.0555. The quantitative estimate of drug-likeness (QED) is 0.783. The van der Waals surface area contributed by atoms with Crippen molar-refractivity contribution in [2.75, 3.05) is 6.61 Å². The van der Waals surface area contributed by atoms with E-state index in [1.54, 1.807) is 6.07 Å². The number of nitrogens with zero attached hydrogens (tertiary/aromatic N) is 1. The van der Waals surface area contributed by atoms with Gasteiger partial charge >= 0.3 is 5.97 Å². The highest BCUT2D eigenvalue weighted by molar-refractivity contribution is 5.72. The number of carbonyl (C=O) groups excluding carboxylic acids is 1. The lowest BCUT2D eigenvalue weighted by molar-refractivity contribution is -0.151. The van der Waals surface area contributed by atoms with Crippen LogP contribution in [0.2, 0.25) is 0 Å². The van der Waals surface area contributed by atoms with Crippen molar-refractivity contribution in [1.82, 2.24) is 0 Å². The third-order valence-electron chi connectivity index (χ3n) is 2.73. The molecule has 0 spiro atoms. The van der Waals surface area contributed by atoms with E-state index in [2.05, 4.69) is 0 Å². The lowest BCUT2D eigenvalue weighted by Gasteiger charge is -2.14. The summed E-state index contributed by atoms with van der Waals surface area (Å²) in [5.41, 5.74) is 0.840. The summed E-state index contributed by atoms with van der Waals surface area (Å²) in [7, 11) is 0. The molecule has 0 saturated carbocycles. The van der Waals surface area contributed by atoms with Crippen LogP contribution in [0.4, 0.5) is 0 Å². The first-order chi connectivity index (χ1) is 8.70. The number of nitriles is 1. The standard InChI is InChI=1S/C13H13NO4/c14-7-10-13(16)11(8-17-10)18-12(15)6-9-4-2-1-3-5-9/h1-5,10-11,13,16H,6,8H2. The van der Waals surface area contributed by atoms with Crippen molar-refractivity contribution in [1.29, 1.82) is 5.26 Å². The van der Waals surface area contributed by atoms with Crippen LogP contribution in [-0.4, -0.2) is 36.0 Å². The van der Waals surface area contributed by atoms with Gasteiger partial charge in [-0.3, -0.25) is 4.79 Å². The molecular weight excluding hydrogens is 234 g/mol. The third kappa shape index (κ3) is 2.86. The Labute approximate surface area is 105 Å². The van der Waals surface area contributed by atoms with Gasteiger partial charge in [-0.15, -0.1) is 0 Å². The molecule has 1 aliphatic heterocycles. The number of ether oxygens (including phenoxy) is 2. The molecule has 1 aromatic carbocycles. The predicted molar refractivity (Wildman–Crippen MR) is 61.4 cm³/mol. The van der Waals surface area contributed by atoms with Crippen molar-refractivity contribution in [2.45, 2.75) is 24.7 Å². The number of aliphatic hydroxyl groups is 1. The van der Waals surface area contributed by atoms with Crippen molar-refractivity contribution < 1.29 is 19.4 Å². The fourth-order valence-electron chi connectivity index (χ4n) is 1.78. The Kier molecular flexibility index (Phi) is 3.92. The largest absolute Gasteiger partial charge is 0.457 e. The van der Waals surface area contributed by atoms with E-state index < -0.39 is 24.3 Å². The van der Waals surface area contributed by atoms with Crippen molar-refractivity contribution in [3.8, 4) is 6.07 Å². The molecule has 0 aromatic heterocycles. The molecule has 1 fully saturated rings. The Morgan fingerprint density at radius 2 is 2.22 bits per heavy atom. The highest BCUT2D eigenvalue weighted by Gasteiger charge is 2.38. The van der Waals surface area contributed by atoms with E-state index in [0.717, 1.165) is 5.56 Å². The lowest BCUT2D eigenvalue weighted by Crippen LogP contribution is -2.33. The minimum atomic E-state index is -1.07. The fraction of sp³-hybridized carbons (Fsp3) is 0.385. The van der Waals surface area contributed by atoms with Gasteiger partial charge in [-0.1, -0.05) is 30.3 Å². The number of hydrogen-bond acceptors (Lipinski definition) is 5. The van der Waals surface area contributed by atoms with Gasteiger partial charge in [0.05, 0.1) is 19.1 Å². The Balaban J connectivity index is 1.88. The monoisotopic (exact) mass is 247 g/mol. The van der Waals surface area contributed by atoms with Crippen LogP contribution in [0.25, 0.3) is 0 Å². The maximum Gasteiger partial charge on any atom is 0.310 e. The zero-order valence-corrected chi connectivity index (χ0v) is 9.65. The molecular formula is C13H13NO4. The molecule has 5 heteroatoms. The Hall–Kier alpha value is -1.90. The molecule has 3 unspecified atom stereocenters. The molecule has 3 atom stereocenters. The van der Waals surface area contributed by atoms with Gasteiger partial charge < -0.3 is 14.6 Å². The summed E-state index contributed by atoms with van der Waals surface area (Å²) in [6.07, 6.45) is -2.61. The third-order valence-corrected chi connectivity index (χ3v) is 2.73. The summed E-state index contributed by atoms with van der Waals surface area (Å²) in [5.74, 6) is -0.438. The second-order valence-electron chi connectivity index (χ2n) is 4.06. The second kappa shape index (κ2) is 5.63. The molecule has 5 nitrogen and oxygen atoms in total. The first-order valence-electron chi connectivity index (χ1n) is 5.63.